The molecule has 1 aliphatic heterocycles. The van der Waals surface area contributed by atoms with Crippen LogP contribution in [0, 0.1) is 6.92 Å². The van der Waals surface area contributed by atoms with E-state index in [0.29, 0.717) is 21.2 Å². The van der Waals surface area contributed by atoms with Gasteiger partial charge in [-0.25, -0.2) is 4.79 Å². The van der Waals surface area contributed by atoms with Gasteiger partial charge in [0.2, 0.25) is 5.91 Å². The fourth-order valence-corrected chi connectivity index (χ4v) is 5.00. The van der Waals surface area contributed by atoms with Gasteiger partial charge < -0.3 is 15.0 Å². The minimum absolute atomic E-state index is 0.164. The Balaban J connectivity index is 1.56. The molecule has 1 aliphatic rings. The van der Waals surface area contributed by atoms with Crippen LogP contribution in [0.1, 0.15) is 27.9 Å². The Morgan fingerprint density at radius 3 is 2.71 bits per heavy atom. The Morgan fingerprint density at radius 2 is 1.97 bits per heavy atom. The van der Waals surface area contributed by atoms with Crippen LogP contribution in [0.2, 0.25) is 5.02 Å². The minimum atomic E-state index is -0.486. The van der Waals surface area contributed by atoms with Crippen LogP contribution in [-0.4, -0.2) is 32.1 Å². The van der Waals surface area contributed by atoms with Gasteiger partial charge in [-0.2, -0.15) is 0 Å². The van der Waals surface area contributed by atoms with E-state index >= 15 is 0 Å². The first kappa shape index (κ1) is 21.4. The lowest BCUT2D eigenvalue weighted by molar-refractivity contribution is -0.115. The third-order valence-corrected chi connectivity index (χ3v) is 6.52. The van der Waals surface area contributed by atoms with Crippen LogP contribution in [0.4, 0.5) is 10.7 Å². The standard InChI is InChI=1S/C24H23ClN2O3S/c1-15-5-10-20-17(12-15)4-3-11-27(20)13-21(28)26-23-22(24(29)30-2)19(14-31-23)16-6-8-18(25)9-7-16/h5-10,12,14H,3-4,11,13H2,1-2H3,(H,26,28). The van der Waals surface area contributed by atoms with Gasteiger partial charge in [0.1, 0.15) is 10.6 Å². The molecule has 0 radical (unpaired) electrons. The van der Waals surface area contributed by atoms with Crippen molar-refractivity contribution in [2.45, 2.75) is 19.8 Å². The number of fused-ring (bicyclic) bond motifs is 1. The molecule has 0 spiro atoms. The van der Waals surface area contributed by atoms with Gasteiger partial charge in [-0.1, -0.05) is 41.4 Å². The molecule has 0 fully saturated rings. The van der Waals surface area contributed by atoms with Gasteiger partial charge >= 0.3 is 5.97 Å². The molecule has 2 heterocycles. The molecule has 160 valence electrons. The third-order valence-electron chi connectivity index (χ3n) is 5.37. The fourth-order valence-electron chi connectivity index (χ4n) is 3.90. The molecule has 3 aromatic rings. The number of nitrogens with zero attached hydrogens (tertiary/aromatic N) is 1. The van der Waals surface area contributed by atoms with Crippen molar-refractivity contribution in [2.75, 3.05) is 30.4 Å². The second kappa shape index (κ2) is 9.12. The van der Waals surface area contributed by atoms with Crippen molar-refractivity contribution in [2.24, 2.45) is 0 Å². The number of benzene rings is 2. The minimum Gasteiger partial charge on any atom is -0.465 e. The van der Waals surface area contributed by atoms with Crippen LogP contribution in [0.15, 0.2) is 47.8 Å². The van der Waals surface area contributed by atoms with E-state index in [0.717, 1.165) is 30.6 Å². The summed E-state index contributed by atoms with van der Waals surface area (Å²) in [6.07, 6.45) is 2.04. The lowest BCUT2D eigenvalue weighted by Crippen LogP contribution is -2.36. The monoisotopic (exact) mass is 454 g/mol. The zero-order chi connectivity index (χ0) is 22.0. The van der Waals surface area contributed by atoms with E-state index in [1.165, 1.54) is 29.6 Å². The summed E-state index contributed by atoms with van der Waals surface area (Å²) >= 11 is 7.30. The van der Waals surface area contributed by atoms with E-state index < -0.39 is 5.97 Å². The summed E-state index contributed by atoms with van der Waals surface area (Å²) in [5, 5.41) is 5.88. The average Bonchev–Trinajstić information content (AvgIpc) is 3.17. The number of rotatable bonds is 5. The van der Waals surface area contributed by atoms with Gasteiger partial charge in [0.05, 0.1) is 13.7 Å². The second-order valence-electron chi connectivity index (χ2n) is 7.56. The lowest BCUT2D eigenvalue weighted by atomic mass is 9.99. The highest BCUT2D eigenvalue weighted by Crippen LogP contribution is 2.37. The predicted molar refractivity (Wildman–Crippen MR) is 126 cm³/mol. The molecule has 7 heteroatoms. The molecule has 0 unspecified atom stereocenters. The van der Waals surface area contributed by atoms with Crippen LogP contribution in [0.5, 0.6) is 0 Å². The van der Waals surface area contributed by atoms with Crippen molar-refractivity contribution >= 4 is 45.5 Å². The molecular formula is C24H23ClN2O3S. The van der Waals surface area contributed by atoms with Crippen molar-refractivity contribution < 1.29 is 14.3 Å². The number of thiophene rings is 1. The number of aryl methyl sites for hydroxylation is 2. The number of hydrogen-bond donors (Lipinski definition) is 1. The number of methoxy groups -OCH3 is 1. The van der Waals surface area contributed by atoms with Gasteiger partial charge in [-0.3, -0.25) is 4.79 Å². The molecule has 0 bridgehead atoms. The highest BCUT2D eigenvalue weighted by molar-refractivity contribution is 7.15. The van der Waals surface area contributed by atoms with Crippen LogP contribution in [0.3, 0.4) is 0 Å². The molecule has 1 amide bonds. The highest BCUT2D eigenvalue weighted by atomic mass is 35.5. The Bertz CT molecular complexity index is 1120. The number of anilines is 2. The first-order valence-electron chi connectivity index (χ1n) is 10.1. The van der Waals surface area contributed by atoms with Crippen LogP contribution >= 0.6 is 22.9 Å². The molecule has 31 heavy (non-hydrogen) atoms. The topological polar surface area (TPSA) is 58.6 Å². The Labute approximate surface area is 190 Å². The maximum atomic E-state index is 12.9. The van der Waals surface area contributed by atoms with E-state index in [4.69, 9.17) is 16.3 Å². The molecule has 2 aromatic carbocycles. The van der Waals surface area contributed by atoms with Gasteiger partial charge in [0.15, 0.2) is 0 Å². The molecule has 0 saturated heterocycles. The summed E-state index contributed by atoms with van der Waals surface area (Å²) in [5.41, 5.74) is 5.51. The Hall–Kier alpha value is -2.83. The van der Waals surface area contributed by atoms with Gasteiger partial charge in [0.25, 0.3) is 0 Å². The molecule has 1 aromatic heterocycles. The van der Waals surface area contributed by atoms with Crippen molar-refractivity contribution in [3.63, 3.8) is 0 Å². The predicted octanol–water partition coefficient (Wildman–Crippen LogP) is 5.55. The fraction of sp³-hybridized carbons (Fsp3) is 0.250. The molecule has 1 N–H and O–H groups in total. The van der Waals surface area contributed by atoms with E-state index in [1.54, 1.807) is 12.1 Å². The first-order valence-corrected chi connectivity index (χ1v) is 11.3. The summed E-state index contributed by atoms with van der Waals surface area (Å²) in [5.74, 6) is -0.650. The molecule has 4 rings (SSSR count). The zero-order valence-corrected chi connectivity index (χ0v) is 19.0. The number of carbonyl (C=O) groups is 2. The summed E-state index contributed by atoms with van der Waals surface area (Å²) in [4.78, 5) is 27.5. The Morgan fingerprint density at radius 1 is 1.19 bits per heavy atom. The normalized spacial score (nSPS) is 12.9. The van der Waals surface area contributed by atoms with E-state index in [9.17, 15) is 9.59 Å². The molecular weight excluding hydrogens is 432 g/mol. The maximum Gasteiger partial charge on any atom is 0.341 e. The van der Waals surface area contributed by atoms with E-state index in [1.807, 2.05) is 17.5 Å². The van der Waals surface area contributed by atoms with Crippen LogP contribution < -0.4 is 10.2 Å². The van der Waals surface area contributed by atoms with Crippen LogP contribution in [0.25, 0.3) is 11.1 Å². The average molecular weight is 455 g/mol. The Kier molecular flexibility index (Phi) is 6.30. The van der Waals surface area contributed by atoms with E-state index in [2.05, 4.69) is 35.3 Å². The smallest absolute Gasteiger partial charge is 0.341 e. The van der Waals surface area contributed by atoms with Crippen LogP contribution in [-0.2, 0) is 16.0 Å². The van der Waals surface area contributed by atoms with Crippen molar-refractivity contribution in [1.82, 2.24) is 0 Å². The number of carbonyl (C=O) groups excluding carboxylic acids is 2. The quantitative estimate of drug-likeness (QED) is 0.513. The lowest BCUT2D eigenvalue weighted by Gasteiger charge is -2.31. The number of nitrogens with one attached hydrogen (secondary N) is 1. The molecule has 5 nitrogen and oxygen atoms in total. The maximum absolute atomic E-state index is 12.9. The second-order valence-corrected chi connectivity index (χ2v) is 8.87. The molecule has 0 saturated carbocycles. The summed E-state index contributed by atoms with van der Waals surface area (Å²) in [7, 11) is 1.34. The first-order chi connectivity index (χ1) is 15.0. The van der Waals surface area contributed by atoms with Gasteiger partial charge in [0, 0.05) is 28.2 Å². The summed E-state index contributed by atoms with van der Waals surface area (Å²) < 4.78 is 4.99. The van der Waals surface area contributed by atoms with Crippen molar-refractivity contribution in [1.29, 1.82) is 0 Å². The summed E-state index contributed by atoms with van der Waals surface area (Å²) in [6, 6.07) is 13.6. The number of esters is 1. The summed E-state index contributed by atoms with van der Waals surface area (Å²) in [6.45, 7) is 3.13. The number of hydrogen-bond acceptors (Lipinski definition) is 5. The van der Waals surface area contributed by atoms with Crippen molar-refractivity contribution in [3.05, 3.63) is 69.6 Å². The highest BCUT2D eigenvalue weighted by Gasteiger charge is 2.24. The SMILES string of the molecule is COC(=O)c1c(-c2ccc(Cl)cc2)csc1NC(=O)CN1CCCc2cc(C)ccc21. The molecule has 0 atom stereocenters. The number of amides is 1. The van der Waals surface area contributed by atoms with E-state index in [-0.39, 0.29) is 12.5 Å². The number of halogens is 1. The largest absolute Gasteiger partial charge is 0.465 e. The molecule has 0 aliphatic carbocycles. The van der Waals surface area contributed by atoms with Gasteiger partial charge in [-0.15, -0.1) is 11.3 Å². The number of ether oxygens (including phenoxy) is 1. The zero-order valence-electron chi connectivity index (χ0n) is 17.4. The van der Waals surface area contributed by atoms with Gasteiger partial charge in [-0.05, 0) is 49.1 Å². The third kappa shape index (κ3) is 4.60. The van der Waals surface area contributed by atoms with Crippen molar-refractivity contribution in [3.8, 4) is 11.1 Å².